The summed E-state index contributed by atoms with van der Waals surface area (Å²) in [6, 6.07) is 3.69. The highest BCUT2D eigenvalue weighted by atomic mass is 32.2. The van der Waals surface area contributed by atoms with Gasteiger partial charge in [-0.05, 0) is 44.7 Å². The van der Waals surface area contributed by atoms with E-state index in [1.165, 1.54) is 28.7 Å². The Hall–Kier alpha value is -1.12. The van der Waals surface area contributed by atoms with E-state index in [9.17, 15) is 13.2 Å². The molecule has 0 aromatic carbocycles. The number of nitrogens with one attached hydrogen (secondary N) is 1. The van der Waals surface area contributed by atoms with Crippen molar-refractivity contribution in [3.8, 4) is 0 Å². The van der Waals surface area contributed by atoms with E-state index in [2.05, 4.69) is 10.3 Å². The van der Waals surface area contributed by atoms with E-state index >= 15 is 0 Å². The summed E-state index contributed by atoms with van der Waals surface area (Å²) in [5, 5.41) is 3.37. The molecule has 0 spiro atoms. The van der Waals surface area contributed by atoms with Crippen LogP contribution in [0, 0.1) is 0 Å². The molecule has 1 heterocycles. The molecule has 2 saturated carbocycles. The Labute approximate surface area is 160 Å². The molecule has 1 amide bonds. The van der Waals surface area contributed by atoms with Crippen LogP contribution in [0.25, 0.3) is 0 Å². The van der Waals surface area contributed by atoms with Crippen LogP contribution in [0.5, 0.6) is 0 Å². The van der Waals surface area contributed by atoms with Crippen LogP contribution in [-0.2, 0) is 14.8 Å². The molecule has 1 aromatic heterocycles. The molecule has 2 aliphatic carbocycles. The van der Waals surface area contributed by atoms with E-state index in [0.29, 0.717) is 11.1 Å². The van der Waals surface area contributed by atoms with Gasteiger partial charge in [0.2, 0.25) is 15.9 Å². The Morgan fingerprint density at radius 3 is 2.50 bits per heavy atom. The molecule has 0 bridgehead atoms. The predicted molar refractivity (Wildman–Crippen MR) is 103 cm³/mol. The molecule has 2 aliphatic rings. The minimum absolute atomic E-state index is 0.00744. The van der Waals surface area contributed by atoms with Crippen molar-refractivity contribution in [3.05, 3.63) is 18.3 Å². The van der Waals surface area contributed by atoms with Gasteiger partial charge in [0, 0.05) is 25.3 Å². The van der Waals surface area contributed by atoms with Crippen molar-refractivity contribution in [1.29, 1.82) is 0 Å². The van der Waals surface area contributed by atoms with Crippen LogP contribution in [0.3, 0.4) is 0 Å². The van der Waals surface area contributed by atoms with Gasteiger partial charge < -0.3 is 5.32 Å². The largest absolute Gasteiger partial charge is 0.352 e. The van der Waals surface area contributed by atoms with Gasteiger partial charge in [0.15, 0.2) is 0 Å². The average molecular weight is 398 g/mol. The summed E-state index contributed by atoms with van der Waals surface area (Å²) in [7, 11) is -1.86. The van der Waals surface area contributed by atoms with Gasteiger partial charge in [-0.15, -0.1) is 0 Å². The predicted octanol–water partition coefficient (Wildman–Crippen LogP) is 2.79. The zero-order valence-corrected chi connectivity index (χ0v) is 17.0. The standard InChI is InChI=1S/C18H27N3O3S2/c1-13(18(22)20-14-8-9-14)25-17-11-10-16(12-19-17)26(23,24)21(2)15-6-4-3-5-7-15/h10-15H,3-9H2,1-2H3,(H,20,22)/t13-/m0/s1. The number of nitrogens with zero attached hydrogens (tertiary/aromatic N) is 2. The highest BCUT2D eigenvalue weighted by Crippen LogP contribution is 2.28. The van der Waals surface area contributed by atoms with E-state index in [0.717, 1.165) is 38.5 Å². The van der Waals surface area contributed by atoms with Crippen LogP contribution in [0.4, 0.5) is 0 Å². The summed E-state index contributed by atoms with van der Waals surface area (Å²) >= 11 is 1.35. The molecule has 0 saturated heterocycles. The summed E-state index contributed by atoms with van der Waals surface area (Å²) < 4.78 is 27.1. The van der Waals surface area contributed by atoms with Gasteiger partial charge in [-0.2, -0.15) is 4.31 Å². The maximum absolute atomic E-state index is 12.8. The molecule has 0 unspecified atom stereocenters. The van der Waals surface area contributed by atoms with Gasteiger partial charge in [-0.3, -0.25) is 4.79 Å². The highest BCUT2D eigenvalue weighted by Gasteiger charge is 2.30. The second-order valence-corrected chi connectivity index (χ2v) is 10.5. The fourth-order valence-electron chi connectivity index (χ4n) is 3.18. The quantitative estimate of drug-likeness (QED) is 0.716. The number of pyridine rings is 1. The van der Waals surface area contributed by atoms with Gasteiger partial charge in [0.25, 0.3) is 0 Å². The van der Waals surface area contributed by atoms with Gasteiger partial charge in [-0.1, -0.05) is 31.0 Å². The van der Waals surface area contributed by atoms with E-state index in [4.69, 9.17) is 0 Å². The lowest BCUT2D eigenvalue weighted by atomic mass is 9.96. The maximum Gasteiger partial charge on any atom is 0.244 e. The molecular formula is C18H27N3O3S2. The molecule has 2 fully saturated rings. The number of rotatable bonds is 7. The Balaban J connectivity index is 1.63. The van der Waals surface area contributed by atoms with Crippen LogP contribution in [-0.4, -0.2) is 48.0 Å². The molecule has 3 rings (SSSR count). The first-order valence-electron chi connectivity index (χ1n) is 9.29. The first-order valence-corrected chi connectivity index (χ1v) is 11.6. The van der Waals surface area contributed by atoms with Crippen molar-refractivity contribution in [2.45, 2.75) is 79.1 Å². The van der Waals surface area contributed by atoms with Crippen molar-refractivity contribution in [1.82, 2.24) is 14.6 Å². The molecule has 0 radical (unpaired) electrons. The Morgan fingerprint density at radius 1 is 1.23 bits per heavy atom. The van der Waals surface area contributed by atoms with E-state index in [-0.39, 0.29) is 22.1 Å². The summed E-state index contributed by atoms with van der Waals surface area (Å²) in [5.74, 6) is 0.00744. The summed E-state index contributed by atoms with van der Waals surface area (Å²) in [6.45, 7) is 1.84. The van der Waals surface area contributed by atoms with Crippen LogP contribution >= 0.6 is 11.8 Å². The molecular weight excluding hydrogens is 370 g/mol. The topological polar surface area (TPSA) is 79.4 Å². The molecule has 1 aromatic rings. The fraction of sp³-hybridized carbons (Fsp3) is 0.667. The van der Waals surface area contributed by atoms with Crippen molar-refractivity contribution in [2.75, 3.05) is 7.05 Å². The Bertz CT molecular complexity index is 727. The number of hydrogen-bond acceptors (Lipinski definition) is 5. The SMILES string of the molecule is C[C@H](Sc1ccc(S(=O)(=O)N(C)C2CCCCC2)cn1)C(=O)NC1CC1. The van der Waals surface area contributed by atoms with E-state index < -0.39 is 10.0 Å². The Kier molecular flexibility index (Phi) is 6.25. The zero-order valence-electron chi connectivity index (χ0n) is 15.3. The van der Waals surface area contributed by atoms with Gasteiger partial charge in [0.1, 0.15) is 4.90 Å². The number of aromatic nitrogens is 1. The van der Waals surface area contributed by atoms with Crippen molar-refractivity contribution >= 4 is 27.7 Å². The minimum atomic E-state index is -3.53. The van der Waals surface area contributed by atoms with Crippen LogP contribution in [0.1, 0.15) is 51.9 Å². The second-order valence-electron chi connectivity index (χ2n) is 7.19. The molecule has 0 aliphatic heterocycles. The van der Waals surface area contributed by atoms with Crippen LogP contribution in [0.15, 0.2) is 28.3 Å². The molecule has 1 N–H and O–H groups in total. The first kappa shape index (κ1) is 19.6. The van der Waals surface area contributed by atoms with Crippen molar-refractivity contribution in [3.63, 3.8) is 0 Å². The van der Waals surface area contributed by atoms with Gasteiger partial charge in [-0.25, -0.2) is 13.4 Å². The molecule has 144 valence electrons. The normalized spacial score (nSPS) is 20.1. The highest BCUT2D eigenvalue weighted by molar-refractivity contribution is 8.00. The zero-order chi connectivity index (χ0) is 18.7. The third kappa shape index (κ3) is 4.78. The van der Waals surface area contributed by atoms with Crippen molar-refractivity contribution in [2.24, 2.45) is 0 Å². The third-order valence-corrected chi connectivity index (χ3v) is 8.01. The van der Waals surface area contributed by atoms with Gasteiger partial charge >= 0.3 is 0 Å². The maximum atomic E-state index is 12.8. The number of hydrogen-bond donors (Lipinski definition) is 1. The monoisotopic (exact) mass is 397 g/mol. The fourth-order valence-corrected chi connectivity index (χ4v) is 5.34. The molecule has 26 heavy (non-hydrogen) atoms. The lowest BCUT2D eigenvalue weighted by Crippen LogP contribution is -2.38. The van der Waals surface area contributed by atoms with Crippen molar-refractivity contribution < 1.29 is 13.2 Å². The number of amides is 1. The first-order chi connectivity index (χ1) is 12.4. The van der Waals surface area contributed by atoms with E-state index in [1.807, 2.05) is 6.92 Å². The van der Waals surface area contributed by atoms with E-state index in [1.54, 1.807) is 19.2 Å². The number of carbonyl (C=O) groups excluding carboxylic acids is 1. The van der Waals surface area contributed by atoms with Crippen LogP contribution in [0.2, 0.25) is 0 Å². The molecule has 6 nitrogen and oxygen atoms in total. The minimum Gasteiger partial charge on any atom is -0.352 e. The number of thioether (sulfide) groups is 1. The smallest absolute Gasteiger partial charge is 0.244 e. The van der Waals surface area contributed by atoms with Crippen LogP contribution < -0.4 is 5.32 Å². The number of sulfonamides is 1. The lowest BCUT2D eigenvalue weighted by molar-refractivity contribution is -0.120. The summed E-state index contributed by atoms with van der Waals surface area (Å²) in [5.41, 5.74) is 0. The number of carbonyl (C=O) groups is 1. The average Bonchev–Trinajstić information content (AvgIpc) is 3.46. The summed E-state index contributed by atoms with van der Waals surface area (Å²) in [4.78, 5) is 16.5. The third-order valence-electron chi connectivity index (χ3n) is 5.07. The Morgan fingerprint density at radius 2 is 1.92 bits per heavy atom. The second kappa shape index (κ2) is 8.27. The molecule has 1 atom stereocenters. The van der Waals surface area contributed by atoms with Gasteiger partial charge in [0.05, 0.1) is 10.3 Å². The summed E-state index contributed by atoms with van der Waals surface area (Å²) in [6.07, 6.45) is 8.71. The lowest BCUT2D eigenvalue weighted by Gasteiger charge is -2.30. The molecule has 8 heteroatoms.